The molecular formula is C7H10O5Si. The highest BCUT2D eigenvalue weighted by atomic mass is 28.4. The highest BCUT2D eigenvalue weighted by Crippen LogP contribution is 2.37. The van der Waals surface area contributed by atoms with Gasteiger partial charge in [0.05, 0.1) is 6.61 Å². The van der Waals surface area contributed by atoms with Crippen molar-refractivity contribution in [3.05, 3.63) is 11.8 Å². The Kier molecular flexibility index (Phi) is 1.81. The molecular weight excluding hydrogens is 192 g/mol. The van der Waals surface area contributed by atoms with E-state index in [1.807, 2.05) is 0 Å². The van der Waals surface area contributed by atoms with Gasteiger partial charge in [-0.15, -0.1) is 0 Å². The quantitative estimate of drug-likeness (QED) is 0.635. The minimum absolute atomic E-state index is 0.302. The summed E-state index contributed by atoms with van der Waals surface area (Å²) in [5.41, 5.74) is 0. The van der Waals surface area contributed by atoms with E-state index in [2.05, 4.69) is 6.58 Å². The molecule has 0 amide bonds. The number of hydrogen-bond donors (Lipinski definition) is 1. The van der Waals surface area contributed by atoms with Gasteiger partial charge in [0.15, 0.2) is 6.10 Å². The van der Waals surface area contributed by atoms with Gasteiger partial charge < -0.3 is 18.4 Å². The maximum Gasteiger partial charge on any atom is 0.533 e. The largest absolute Gasteiger partial charge is 0.533 e. The number of fused-ring (bicyclic) bond motifs is 2. The Morgan fingerprint density at radius 1 is 1.62 bits per heavy atom. The number of rotatable bonds is 2. The average molecular weight is 202 g/mol. The van der Waals surface area contributed by atoms with Gasteiger partial charge in [0.1, 0.15) is 6.10 Å². The topological polar surface area (TPSA) is 65.0 Å². The average Bonchev–Trinajstić information content (AvgIpc) is 2.60. The van der Waals surface area contributed by atoms with Crippen molar-refractivity contribution in [1.82, 2.24) is 0 Å². The molecule has 2 heterocycles. The van der Waals surface area contributed by atoms with Crippen molar-refractivity contribution in [1.29, 1.82) is 0 Å². The monoisotopic (exact) mass is 202 g/mol. The molecule has 0 aromatic heterocycles. The van der Waals surface area contributed by atoms with Gasteiger partial charge in [-0.1, -0.05) is 6.58 Å². The summed E-state index contributed by atoms with van der Waals surface area (Å²) in [5.74, 6) is -0.996. The third-order valence-electron chi connectivity index (χ3n) is 2.13. The Balaban J connectivity index is 2.22. The van der Waals surface area contributed by atoms with E-state index >= 15 is 0 Å². The second-order valence-electron chi connectivity index (χ2n) is 3.18. The van der Waals surface area contributed by atoms with Crippen LogP contribution in [0.1, 0.15) is 6.92 Å². The van der Waals surface area contributed by atoms with E-state index in [-0.39, 0.29) is 0 Å². The number of carboxylic acids is 1. The molecule has 0 aliphatic carbocycles. The van der Waals surface area contributed by atoms with E-state index in [9.17, 15) is 4.79 Å². The van der Waals surface area contributed by atoms with Crippen LogP contribution in [0.15, 0.2) is 11.8 Å². The summed E-state index contributed by atoms with van der Waals surface area (Å²) >= 11 is 0. The van der Waals surface area contributed by atoms with E-state index in [0.29, 0.717) is 11.8 Å². The van der Waals surface area contributed by atoms with Crippen molar-refractivity contribution in [2.75, 3.05) is 6.61 Å². The third kappa shape index (κ3) is 1.14. The van der Waals surface area contributed by atoms with Crippen LogP contribution in [0, 0.1) is 0 Å². The minimum Gasteiger partial charge on any atom is -0.479 e. The molecule has 6 heteroatoms. The second kappa shape index (κ2) is 2.65. The fourth-order valence-corrected chi connectivity index (χ4v) is 3.85. The number of allylic oxidation sites excluding steroid dienone is 1. The lowest BCUT2D eigenvalue weighted by Crippen LogP contribution is -2.45. The first-order valence-electron chi connectivity index (χ1n) is 3.93. The normalized spacial score (nSPS) is 42.2. The molecule has 3 atom stereocenters. The van der Waals surface area contributed by atoms with Gasteiger partial charge in [-0.3, -0.25) is 0 Å². The zero-order chi connectivity index (χ0) is 9.64. The molecule has 5 nitrogen and oxygen atoms in total. The van der Waals surface area contributed by atoms with Crippen molar-refractivity contribution >= 4 is 14.8 Å². The van der Waals surface area contributed by atoms with Crippen molar-refractivity contribution in [2.45, 2.75) is 19.1 Å². The van der Waals surface area contributed by atoms with E-state index in [1.165, 1.54) is 0 Å². The Labute approximate surface area is 76.3 Å². The Morgan fingerprint density at radius 2 is 2.31 bits per heavy atom. The fourth-order valence-electron chi connectivity index (χ4n) is 1.45. The van der Waals surface area contributed by atoms with E-state index in [1.54, 1.807) is 6.92 Å². The molecule has 1 N–H and O–H groups in total. The van der Waals surface area contributed by atoms with Crippen molar-refractivity contribution in [2.24, 2.45) is 0 Å². The summed E-state index contributed by atoms with van der Waals surface area (Å²) in [7, 11) is -2.81. The minimum atomic E-state index is -2.81. The molecule has 72 valence electrons. The molecule has 0 saturated carbocycles. The molecule has 13 heavy (non-hydrogen) atoms. The number of aliphatic carboxylic acids is 1. The molecule has 2 aliphatic heterocycles. The lowest BCUT2D eigenvalue weighted by atomic mass is 10.2. The molecule has 0 aromatic rings. The maximum absolute atomic E-state index is 10.7. The van der Waals surface area contributed by atoms with Crippen molar-refractivity contribution in [3.63, 3.8) is 0 Å². The Hall–Kier alpha value is -0.693. The highest BCUT2D eigenvalue weighted by Gasteiger charge is 2.62. The highest BCUT2D eigenvalue weighted by molar-refractivity contribution is 6.69. The van der Waals surface area contributed by atoms with Gasteiger partial charge in [0.2, 0.25) is 0 Å². The Bertz CT molecular complexity index is 278. The van der Waals surface area contributed by atoms with Gasteiger partial charge in [0, 0.05) is 0 Å². The summed E-state index contributed by atoms with van der Waals surface area (Å²) < 4.78 is 16.0. The van der Waals surface area contributed by atoms with Crippen LogP contribution < -0.4 is 0 Å². The number of carboxylic acid groups (broad SMARTS) is 1. The maximum atomic E-state index is 10.7. The lowest BCUT2D eigenvalue weighted by molar-refractivity contribution is -0.148. The van der Waals surface area contributed by atoms with Crippen LogP contribution in [-0.2, 0) is 18.1 Å². The summed E-state index contributed by atoms with van der Waals surface area (Å²) in [6, 6.07) is 0. The van der Waals surface area contributed by atoms with Crippen molar-refractivity contribution < 1.29 is 23.2 Å². The molecule has 0 spiro atoms. The van der Waals surface area contributed by atoms with Crippen LogP contribution in [0.25, 0.3) is 0 Å². The van der Waals surface area contributed by atoms with E-state index in [0.717, 1.165) is 0 Å². The first-order chi connectivity index (χ1) is 6.05. The van der Waals surface area contributed by atoms with Crippen LogP contribution in [0.4, 0.5) is 0 Å². The first kappa shape index (κ1) is 8.89. The summed E-state index contributed by atoms with van der Waals surface area (Å²) in [4.78, 5) is 10.7. The lowest BCUT2D eigenvalue weighted by Gasteiger charge is -2.22. The fraction of sp³-hybridized carbons (Fsp3) is 0.571. The molecule has 0 radical (unpaired) electrons. The van der Waals surface area contributed by atoms with E-state index < -0.39 is 27.0 Å². The standard InChI is InChI=1S/C7H10O5Si/c1-4(2)13-10-3-5(11-13)6(12-13)7(8)9/h5-6H,1,3H2,2H3,(H,8,9). The second-order valence-corrected chi connectivity index (χ2v) is 5.91. The molecule has 3 unspecified atom stereocenters. The van der Waals surface area contributed by atoms with Gasteiger partial charge in [-0.05, 0) is 12.1 Å². The molecule has 2 saturated heterocycles. The number of carbonyl (C=O) groups is 1. The van der Waals surface area contributed by atoms with Crippen LogP contribution in [-0.4, -0.2) is 38.7 Å². The van der Waals surface area contributed by atoms with Gasteiger partial charge >= 0.3 is 14.8 Å². The molecule has 2 bridgehead atoms. The smallest absolute Gasteiger partial charge is 0.479 e. The molecule has 2 aliphatic rings. The predicted octanol–water partition coefficient (Wildman–Crippen LogP) is -0.0606. The Morgan fingerprint density at radius 3 is 2.69 bits per heavy atom. The van der Waals surface area contributed by atoms with Crippen LogP contribution in [0.3, 0.4) is 0 Å². The van der Waals surface area contributed by atoms with Crippen LogP contribution >= 0.6 is 0 Å². The third-order valence-corrected chi connectivity index (χ3v) is 4.90. The van der Waals surface area contributed by atoms with Crippen LogP contribution in [0.5, 0.6) is 0 Å². The predicted molar refractivity (Wildman–Crippen MR) is 43.9 cm³/mol. The zero-order valence-corrected chi connectivity index (χ0v) is 8.15. The SMILES string of the molecule is C=C(C)[Si]12OCC(O1)C(C(=O)O)O2. The first-order valence-corrected chi connectivity index (χ1v) is 5.66. The zero-order valence-electron chi connectivity index (χ0n) is 7.15. The summed E-state index contributed by atoms with van der Waals surface area (Å²) in [6.07, 6.45) is -1.34. The summed E-state index contributed by atoms with van der Waals surface area (Å²) in [5, 5.41) is 9.43. The van der Waals surface area contributed by atoms with Gasteiger partial charge in [-0.2, -0.15) is 0 Å². The van der Waals surface area contributed by atoms with E-state index in [4.69, 9.17) is 18.4 Å². The van der Waals surface area contributed by atoms with Crippen LogP contribution in [0.2, 0.25) is 0 Å². The molecule has 0 aromatic carbocycles. The van der Waals surface area contributed by atoms with Gasteiger partial charge in [-0.25, -0.2) is 4.79 Å². The van der Waals surface area contributed by atoms with Gasteiger partial charge in [0.25, 0.3) is 0 Å². The number of hydrogen-bond acceptors (Lipinski definition) is 4. The summed E-state index contributed by atoms with van der Waals surface area (Å²) in [6.45, 7) is 5.73. The molecule has 2 rings (SSSR count). The molecule has 2 fully saturated rings. The van der Waals surface area contributed by atoms with Crippen molar-refractivity contribution in [3.8, 4) is 0 Å².